The molecule has 0 fully saturated rings. The Balaban J connectivity index is 2.15. The molecule has 0 saturated heterocycles. The van der Waals surface area contributed by atoms with E-state index >= 15 is 0 Å². The molecular weight excluding hydrogens is 268 g/mol. The largest absolute Gasteiger partial charge is 0.493 e. The highest BCUT2D eigenvalue weighted by Gasteiger charge is 2.08. The third kappa shape index (κ3) is 3.45. The molecule has 5 nitrogen and oxygen atoms in total. The van der Waals surface area contributed by atoms with E-state index in [2.05, 4.69) is 0 Å². The van der Waals surface area contributed by atoms with Crippen molar-refractivity contribution >= 4 is 11.6 Å². The van der Waals surface area contributed by atoms with Crippen molar-refractivity contribution in [3.05, 3.63) is 53.1 Å². The van der Waals surface area contributed by atoms with E-state index in [4.69, 9.17) is 20.9 Å². The lowest BCUT2D eigenvalue weighted by atomic mass is 10.1. The number of anilines is 1. The minimum atomic E-state index is -0.505. The summed E-state index contributed by atoms with van der Waals surface area (Å²) >= 11 is 0. The van der Waals surface area contributed by atoms with Gasteiger partial charge >= 0.3 is 0 Å². The Hall–Kier alpha value is -2.69. The van der Waals surface area contributed by atoms with E-state index < -0.39 is 5.91 Å². The molecule has 2 aromatic carbocycles. The summed E-state index contributed by atoms with van der Waals surface area (Å²) < 4.78 is 11.0. The smallest absolute Gasteiger partial charge is 0.248 e. The first-order valence-electron chi connectivity index (χ1n) is 6.47. The van der Waals surface area contributed by atoms with Crippen molar-refractivity contribution < 1.29 is 14.3 Å². The summed E-state index contributed by atoms with van der Waals surface area (Å²) in [6, 6.07) is 10.6. The summed E-state index contributed by atoms with van der Waals surface area (Å²) in [6.45, 7) is 2.26. The van der Waals surface area contributed by atoms with Gasteiger partial charge in [-0.25, -0.2) is 0 Å². The minimum absolute atomic E-state index is 0.282. The standard InChI is InChI=1S/C16H18N2O3/c1-10-3-6-14(15(7-10)20-2)21-9-12-5-4-11(16(18)19)8-13(12)17/h3-8H,9,17H2,1-2H3,(H2,18,19). The SMILES string of the molecule is COc1cc(C)ccc1OCc1ccc(C(N)=O)cc1N. The monoisotopic (exact) mass is 286 g/mol. The molecule has 0 bridgehead atoms. The number of carbonyl (C=O) groups excluding carboxylic acids is 1. The van der Waals surface area contributed by atoms with E-state index in [0.717, 1.165) is 11.1 Å². The van der Waals surface area contributed by atoms with Crippen molar-refractivity contribution in [2.45, 2.75) is 13.5 Å². The molecule has 0 atom stereocenters. The second-order valence-corrected chi connectivity index (χ2v) is 4.72. The summed E-state index contributed by atoms with van der Waals surface area (Å²) in [5.74, 6) is 0.804. The maximum atomic E-state index is 11.1. The van der Waals surface area contributed by atoms with Crippen LogP contribution in [0.1, 0.15) is 21.5 Å². The number of primary amides is 1. The second kappa shape index (κ2) is 6.17. The molecule has 0 unspecified atom stereocenters. The highest BCUT2D eigenvalue weighted by molar-refractivity contribution is 5.93. The van der Waals surface area contributed by atoms with Gasteiger partial charge in [0.2, 0.25) is 5.91 Å². The molecule has 0 spiro atoms. The van der Waals surface area contributed by atoms with Crippen molar-refractivity contribution in [1.82, 2.24) is 0 Å². The van der Waals surface area contributed by atoms with Gasteiger partial charge in [0.05, 0.1) is 7.11 Å². The highest BCUT2D eigenvalue weighted by atomic mass is 16.5. The van der Waals surface area contributed by atoms with Crippen LogP contribution in [0, 0.1) is 6.92 Å². The van der Waals surface area contributed by atoms with E-state index in [9.17, 15) is 4.79 Å². The molecule has 5 heteroatoms. The number of hydrogen-bond acceptors (Lipinski definition) is 4. The van der Waals surface area contributed by atoms with Crippen LogP contribution in [0.3, 0.4) is 0 Å². The number of aryl methyl sites for hydroxylation is 1. The zero-order valence-corrected chi connectivity index (χ0v) is 12.1. The Morgan fingerprint density at radius 2 is 1.90 bits per heavy atom. The first kappa shape index (κ1) is 14.7. The predicted octanol–water partition coefficient (Wildman–Crippen LogP) is 2.26. The van der Waals surface area contributed by atoms with Crippen LogP contribution in [0.15, 0.2) is 36.4 Å². The molecule has 0 aliphatic carbocycles. The molecule has 0 aliphatic heterocycles. The fourth-order valence-electron chi connectivity index (χ4n) is 1.93. The molecule has 1 amide bonds. The lowest BCUT2D eigenvalue weighted by molar-refractivity contribution is 0.100. The van der Waals surface area contributed by atoms with Gasteiger partial charge in [0, 0.05) is 16.8 Å². The lowest BCUT2D eigenvalue weighted by Gasteiger charge is -2.12. The van der Waals surface area contributed by atoms with Crippen LogP contribution in [-0.4, -0.2) is 13.0 Å². The van der Waals surface area contributed by atoms with Crippen LogP contribution < -0.4 is 20.9 Å². The van der Waals surface area contributed by atoms with Gasteiger partial charge in [-0.1, -0.05) is 12.1 Å². The van der Waals surface area contributed by atoms with Gasteiger partial charge in [-0.05, 0) is 36.8 Å². The predicted molar refractivity (Wildman–Crippen MR) is 81.4 cm³/mol. The molecule has 0 radical (unpaired) electrons. The van der Waals surface area contributed by atoms with Gasteiger partial charge in [-0.3, -0.25) is 4.79 Å². The molecule has 2 rings (SSSR count). The van der Waals surface area contributed by atoms with Gasteiger partial charge in [-0.2, -0.15) is 0 Å². The minimum Gasteiger partial charge on any atom is -0.493 e. The van der Waals surface area contributed by atoms with Crippen LogP contribution in [-0.2, 0) is 6.61 Å². The quantitative estimate of drug-likeness (QED) is 0.825. The van der Waals surface area contributed by atoms with Gasteiger partial charge in [0.1, 0.15) is 6.61 Å². The molecule has 0 saturated carbocycles. The maximum absolute atomic E-state index is 11.1. The summed E-state index contributed by atoms with van der Waals surface area (Å²) in [7, 11) is 1.59. The van der Waals surface area contributed by atoms with Gasteiger partial charge in [-0.15, -0.1) is 0 Å². The van der Waals surface area contributed by atoms with Crippen molar-refractivity contribution in [3.63, 3.8) is 0 Å². The third-order valence-electron chi connectivity index (χ3n) is 3.13. The molecule has 0 aromatic heterocycles. The van der Waals surface area contributed by atoms with Crippen LogP contribution in [0.25, 0.3) is 0 Å². The number of rotatable bonds is 5. The van der Waals surface area contributed by atoms with E-state index in [1.807, 2.05) is 25.1 Å². The lowest BCUT2D eigenvalue weighted by Crippen LogP contribution is -2.12. The molecule has 4 N–H and O–H groups in total. The Morgan fingerprint density at radius 1 is 1.14 bits per heavy atom. The average Bonchev–Trinajstić information content (AvgIpc) is 2.46. The van der Waals surface area contributed by atoms with Gasteiger partial charge in [0.15, 0.2) is 11.5 Å². The number of ether oxygens (including phenoxy) is 2. The fraction of sp³-hybridized carbons (Fsp3) is 0.188. The molecule has 0 aliphatic rings. The van der Waals surface area contributed by atoms with E-state index in [1.165, 1.54) is 0 Å². The zero-order valence-electron chi connectivity index (χ0n) is 12.1. The normalized spacial score (nSPS) is 10.2. The van der Waals surface area contributed by atoms with E-state index in [-0.39, 0.29) is 6.61 Å². The molecule has 21 heavy (non-hydrogen) atoms. The number of benzene rings is 2. The van der Waals surface area contributed by atoms with E-state index in [0.29, 0.717) is 22.7 Å². The summed E-state index contributed by atoms with van der Waals surface area (Å²) in [4.78, 5) is 11.1. The number of methoxy groups -OCH3 is 1. The number of nitrogens with two attached hydrogens (primary N) is 2. The average molecular weight is 286 g/mol. The first-order valence-corrected chi connectivity index (χ1v) is 6.47. The first-order chi connectivity index (χ1) is 10.0. The zero-order chi connectivity index (χ0) is 15.4. The summed E-state index contributed by atoms with van der Waals surface area (Å²) in [5, 5.41) is 0. The Labute approximate surface area is 123 Å². The van der Waals surface area contributed by atoms with Crippen LogP contribution in [0.4, 0.5) is 5.69 Å². The summed E-state index contributed by atoms with van der Waals surface area (Å²) in [6.07, 6.45) is 0. The topological polar surface area (TPSA) is 87.6 Å². The Kier molecular flexibility index (Phi) is 4.33. The Morgan fingerprint density at radius 3 is 2.52 bits per heavy atom. The highest BCUT2D eigenvalue weighted by Crippen LogP contribution is 2.29. The molecule has 110 valence electrons. The number of carbonyl (C=O) groups is 1. The van der Waals surface area contributed by atoms with Crippen molar-refractivity contribution in [2.75, 3.05) is 12.8 Å². The van der Waals surface area contributed by atoms with Crippen molar-refractivity contribution in [2.24, 2.45) is 5.73 Å². The maximum Gasteiger partial charge on any atom is 0.248 e. The van der Waals surface area contributed by atoms with Crippen molar-refractivity contribution in [3.8, 4) is 11.5 Å². The third-order valence-corrected chi connectivity index (χ3v) is 3.13. The number of hydrogen-bond donors (Lipinski definition) is 2. The number of amides is 1. The summed E-state index contributed by atoms with van der Waals surface area (Å²) in [5.41, 5.74) is 13.8. The molecule has 0 heterocycles. The van der Waals surface area contributed by atoms with Crippen molar-refractivity contribution in [1.29, 1.82) is 0 Å². The van der Waals surface area contributed by atoms with Gasteiger partial charge in [0.25, 0.3) is 0 Å². The van der Waals surface area contributed by atoms with Crippen LogP contribution in [0.2, 0.25) is 0 Å². The molecule has 2 aromatic rings. The van der Waals surface area contributed by atoms with Crippen LogP contribution in [0.5, 0.6) is 11.5 Å². The fourth-order valence-corrected chi connectivity index (χ4v) is 1.93. The Bertz CT molecular complexity index is 669. The van der Waals surface area contributed by atoms with Gasteiger partial charge < -0.3 is 20.9 Å². The second-order valence-electron chi connectivity index (χ2n) is 4.72. The van der Waals surface area contributed by atoms with E-state index in [1.54, 1.807) is 25.3 Å². The molecular formula is C16H18N2O3. The number of nitrogen functional groups attached to an aromatic ring is 1. The van der Waals surface area contributed by atoms with Crippen LogP contribution >= 0.6 is 0 Å².